The Bertz CT molecular complexity index is 637. The van der Waals surface area contributed by atoms with E-state index in [0.717, 1.165) is 42.9 Å². The minimum Gasteiger partial charge on any atom is -0.397 e. The van der Waals surface area contributed by atoms with Crippen molar-refractivity contribution < 1.29 is 4.79 Å². The topological polar surface area (TPSA) is 97.9 Å². The summed E-state index contributed by atoms with van der Waals surface area (Å²) in [5.74, 6) is 0.0596. The number of aromatic nitrogens is 3. The van der Waals surface area contributed by atoms with Crippen molar-refractivity contribution in [1.29, 1.82) is 0 Å². The van der Waals surface area contributed by atoms with Crippen LogP contribution in [-0.2, 0) is 17.8 Å². The van der Waals surface area contributed by atoms with Crippen LogP contribution in [0.15, 0.2) is 24.5 Å². The van der Waals surface area contributed by atoms with Gasteiger partial charge in [-0.25, -0.2) is 0 Å². The third kappa shape index (κ3) is 3.13. The van der Waals surface area contributed by atoms with Crippen molar-refractivity contribution in [3.05, 3.63) is 30.1 Å². The first kappa shape index (κ1) is 13.4. The maximum Gasteiger partial charge on any atom is 0.224 e. The lowest BCUT2D eigenvalue weighted by molar-refractivity contribution is -0.116. The number of amides is 1. The van der Waals surface area contributed by atoms with Crippen molar-refractivity contribution in [2.75, 3.05) is 22.9 Å². The van der Waals surface area contributed by atoms with Crippen molar-refractivity contribution in [2.24, 2.45) is 0 Å². The van der Waals surface area contributed by atoms with Gasteiger partial charge in [0.25, 0.3) is 0 Å². The molecular formula is C14H18N6O. The largest absolute Gasteiger partial charge is 0.397 e. The lowest BCUT2D eigenvalue weighted by Gasteiger charge is -2.19. The average Bonchev–Trinajstić information content (AvgIpc) is 2.97. The molecule has 1 aliphatic rings. The van der Waals surface area contributed by atoms with Crippen LogP contribution in [0.5, 0.6) is 0 Å². The van der Waals surface area contributed by atoms with E-state index in [4.69, 9.17) is 5.73 Å². The highest BCUT2D eigenvalue weighted by Crippen LogP contribution is 2.30. The fourth-order valence-electron chi connectivity index (χ4n) is 2.42. The molecule has 0 aliphatic carbocycles. The Kier molecular flexibility index (Phi) is 3.72. The molecule has 0 bridgehead atoms. The Labute approximate surface area is 122 Å². The van der Waals surface area contributed by atoms with Gasteiger partial charge >= 0.3 is 0 Å². The Morgan fingerprint density at radius 3 is 3.10 bits per heavy atom. The lowest BCUT2D eigenvalue weighted by Crippen LogP contribution is -2.19. The van der Waals surface area contributed by atoms with Gasteiger partial charge in [-0.1, -0.05) is 5.21 Å². The van der Waals surface area contributed by atoms with Crippen LogP contribution in [-0.4, -0.2) is 27.4 Å². The first-order valence-electron chi connectivity index (χ1n) is 7.02. The zero-order chi connectivity index (χ0) is 14.7. The quantitative estimate of drug-likeness (QED) is 0.567. The number of anilines is 3. The lowest BCUT2D eigenvalue weighted by atomic mass is 10.0. The molecule has 0 fully saturated rings. The number of aryl methyl sites for hydroxylation is 2. The second kappa shape index (κ2) is 5.82. The third-order valence-electron chi connectivity index (χ3n) is 3.52. The van der Waals surface area contributed by atoms with Crippen molar-refractivity contribution in [3.63, 3.8) is 0 Å². The average molecular weight is 286 g/mol. The molecule has 0 saturated heterocycles. The van der Waals surface area contributed by atoms with Gasteiger partial charge in [-0.05, 0) is 30.5 Å². The van der Waals surface area contributed by atoms with Crippen LogP contribution in [0.2, 0.25) is 0 Å². The third-order valence-corrected chi connectivity index (χ3v) is 3.52. The SMILES string of the molecule is Nc1cc2c(cc1NCCCn1ccnn1)NC(=O)CC2. The molecule has 1 amide bonds. The summed E-state index contributed by atoms with van der Waals surface area (Å²) in [6, 6.07) is 3.85. The number of nitrogens with zero attached hydrogens (tertiary/aromatic N) is 3. The summed E-state index contributed by atoms with van der Waals surface area (Å²) >= 11 is 0. The summed E-state index contributed by atoms with van der Waals surface area (Å²) in [7, 11) is 0. The van der Waals surface area contributed by atoms with Crippen LogP contribution < -0.4 is 16.4 Å². The summed E-state index contributed by atoms with van der Waals surface area (Å²) < 4.78 is 1.79. The Balaban J connectivity index is 1.60. The van der Waals surface area contributed by atoms with Crippen LogP contribution >= 0.6 is 0 Å². The normalized spacial score (nSPS) is 13.6. The van der Waals surface area contributed by atoms with E-state index in [1.165, 1.54) is 0 Å². The Hall–Kier alpha value is -2.57. The molecule has 0 spiro atoms. The van der Waals surface area contributed by atoms with Gasteiger partial charge in [-0.2, -0.15) is 0 Å². The molecule has 0 saturated carbocycles. The van der Waals surface area contributed by atoms with E-state index in [-0.39, 0.29) is 5.91 Å². The second-order valence-corrected chi connectivity index (χ2v) is 5.09. The minimum absolute atomic E-state index is 0.0596. The molecule has 7 heteroatoms. The van der Waals surface area contributed by atoms with Crippen LogP contribution in [0, 0.1) is 0 Å². The number of hydrogen-bond donors (Lipinski definition) is 3. The summed E-state index contributed by atoms with van der Waals surface area (Å²) in [6.45, 7) is 1.57. The molecular weight excluding hydrogens is 268 g/mol. The predicted molar refractivity (Wildman–Crippen MR) is 80.9 cm³/mol. The van der Waals surface area contributed by atoms with E-state index in [1.807, 2.05) is 18.3 Å². The smallest absolute Gasteiger partial charge is 0.224 e. The number of nitrogens with one attached hydrogen (secondary N) is 2. The standard InChI is InChI=1S/C14H18N6O/c15-11-8-10-2-3-14(21)18-12(10)9-13(11)16-4-1-6-20-7-5-17-19-20/h5,7-9,16H,1-4,6,15H2,(H,18,21). The van der Waals surface area contributed by atoms with Gasteiger partial charge < -0.3 is 16.4 Å². The monoisotopic (exact) mass is 286 g/mol. The van der Waals surface area contributed by atoms with Gasteiger partial charge in [0.15, 0.2) is 0 Å². The molecule has 110 valence electrons. The van der Waals surface area contributed by atoms with E-state index in [1.54, 1.807) is 10.9 Å². The number of rotatable bonds is 5. The minimum atomic E-state index is 0.0596. The molecule has 4 N–H and O–H groups in total. The molecule has 2 heterocycles. The number of carbonyl (C=O) groups excluding carboxylic acids is 1. The van der Waals surface area contributed by atoms with Crippen LogP contribution in [0.25, 0.3) is 0 Å². The molecule has 1 aliphatic heterocycles. The molecule has 0 atom stereocenters. The molecule has 1 aromatic heterocycles. The molecule has 7 nitrogen and oxygen atoms in total. The number of hydrogen-bond acceptors (Lipinski definition) is 5. The van der Waals surface area contributed by atoms with Gasteiger partial charge in [0.2, 0.25) is 5.91 Å². The van der Waals surface area contributed by atoms with Gasteiger partial charge in [0.1, 0.15) is 0 Å². The fraction of sp³-hybridized carbons (Fsp3) is 0.357. The maximum absolute atomic E-state index is 11.4. The maximum atomic E-state index is 11.4. The van der Waals surface area contributed by atoms with Gasteiger partial charge in [-0.15, -0.1) is 5.10 Å². The highest BCUT2D eigenvalue weighted by Gasteiger charge is 2.16. The first-order valence-corrected chi connectivity index (χ1v) is 7.02. The summed E-state index contributed by atoms with van der Waals surface area (Å²) in [6.07, 6.45) is 5.68. The Morgan fingerprint density at radius 1 is 1.38 bits per heavy atom. The van der Waals surface area contributed by atoms with Crippen molar-refractivity contribution in [2.45, 2.75) is 25.8 Å². The van der Waals surface area contributed by atoms with E-state index in [2.05, 4.69) is 20.9 Å². The van der Waals surface area contributed by atoms with Crippen LogP contribution in [0.4, 0.5) is 17.1 Å². The predicted octanol–water partition coefficient (Wildman–Crippen LogP) is 1.25. The van der Waals surface area contributed by atoms with Crippen LogP contribution in [0.1, 0.15) is 18.4 Å². The fourth-order valence-corrected chi connectivity index (χ4v) is 2.42. The van der Waals surface area contributed by atoms with Gasteiger partial charge in [0, 0.05) is 31.4 Å². The van der Waals surface area contributed by atoms with E-state index in [0.29, 0.717) is 12.1 Å². The second-order valence-electron chi connectivity index (χ2n) is 5.09. The number of fused-ring (bicyclic) bond motifs is 1. The number of nitrogen functional groups attached to an aromatic ring is 1. The zero-order valence-corrected chi connectivity index (χ0v) is 11.7. The molecule has 2 aromatic rings. The van der Waals surface area contributed by atoms with Gasteiger partial charge in [0.05, 0.1) is 17.6 Å². The zero-order valence-electron chi connectivity index (χ0n) is 11.7. The molecule has 3 rings (SSSR count). The molecule has 21 heavy (non-hydrogen) atoms. The molecule has 0 radical (unpaired) electrons. The Morgan fingerprint density at radius 2 is 2.29 bits per heavy atom. The van der Waals surface area contributed by atoms with E-state index in [9.17, 15) is 4.79 Å². The first-order chi connectivity index (χ1) is 10.2. The van der Waals surface area contributed by atoms with Crippen molar-refractivity contribution in [3.8, 4) is 0 Å². The highest BCUT2D eigenvalue weighted by molar-refractivity contribution is 5.95. The van der Waals surface area contributed by atoms with Crippen molar-refractivity contribution >= 4 is 23.0 Å². The summed E-state index contributed by atoms with van der Waals surface area (Å²) in [5.41, 5.74) is 9.58. The van der Waals surface area contributed by atoms with E-state index >= 15 is 0 Å². The summed E-state index contributed by atoms with van der Waals surface area (Å²) in [4.78, 5) is 11.4. The van der Waals surface area contributed by atoms with E-state index < -0.39 is 0 Å². The highest BCUT2D eigenvalue weighted by atomic mass is 16.1. The van der Waals surface area contributed by atoms with Crippen LogP contribution in [0.3, 0.4) is 0 Å². The number of benzene rings is 1. The molecule has 0 unspecified atom stereocenters. The number of carbonyl (C=O) groups is 1. The molecule has 1 aromatic carbocycles. The summed E-state index contributed by atoms with van der Waals surface area (Å²) in [5, 5.41) is 13.9. The van der Waals surface area contributed by atoms with Gasteiger partial charge in [-0.3, -0.25) is 9.48 Å². The number of nitrogens with two attached hydrogens (primary N) is 1. The van der Waals surface area contributed by atoms with Crippen molar-refractivity contribution in [1.82, 2.24) is 15.0 Å².